The number of likely N-dealkylation sites (tertiary alicyclic amines) is 1. The Morgan fingerprint density at radius 1 is 1.16 bits per heavy atom. The lowest BCUT2D eigenvalue weighted by Gasteiger charge is -2.16. The van der Waals surface area contributed by atoms with Crippen LogP contribution in [0.5, 0.6) is 11.5 Å². The minimum absolute atomic E-state index is 0.0672. The van der Waals surface area contributed by atoms with Crippen molar-refractivity contribution < 1.29 is 19.0 Å². The van der Waals surface area contributed by atoms with E-state index in [1.165, 1.54) is 0 Å². The Morgan fingerprint density at radius 2 is 1.94 bits per heavy atom. The lowest BCUT2D eigenvalue weighted by molar-refractivity contribution is -0.128. The van der Waals surface area contributed by atoms with Crippen LogP contribution in [-0.4, -0.2) is 69.4 Å². The third-order valence-electron chi connectivity index (χ3n) is 5.05. The van der Waals surface area contributed by atoms with Crippen molar-refractivity contribution in [2.45, 2.75) is 39.5 Å². The van der Waals surface area contributed by atoms with Crippen LogP contribution in [0.2, 0.25) is 0 Å². The van der Waals surface area contributed by atoms with Crippen molar-refractivity contribution in [3.05, 3.63) is 18.2 Å². The average Bonchev–Trinajstić information content (AvgIpc) is 3.20. The van der Waals surface area contributed by atoms with E-state index in [2.05, 4.69) is 29.5 Å². The van der Waals surface area contributed by atoms with Crippen molar-refractivity contribution in [2.24, 2.45) is 10.9 Å². The van der Waals surface area contributed by atoms with Crippen LogP contribution in [0.25, 0.3) is 0 Å². The fourth-order valence-corrected chi connectivity index (χ4v) is 3.43. The first kappa shape index (κ1) is 23.2. The van der Waals surface area contributed by atoms with E-state index in [9.17, 15) is 4.79 Å². The molecular formula is C23H36N4O4. The third kappa shape index (κ3) is 7.94. The molecule has 0 unspecified atom stereocenters. The molecule has 0 aromatic heterocycles. The predicted molar refractivity (Wildman–Crippen MR) is 122 cm³/mol. The van der Waals surface area contributed by atoms with Gasteiger partial charge in [0.15, 0.2) is 17.5 Å². The van der Waals surface area contributed by atoms with Crippen LogP contribution < -0.4 is 20.1 Å². The van der Waals surface area contributed by atoms with Gasteiger partial charge in [-0.05, 0) is 37.3 Å². The Labute approximate surface area is 185 Å². The summed E-state index contributed by atoms with van der Waals surface area (Å²) in [6.07, 6.45) is 3.87. The Morgan fingerprint density at radius 3 is 2.71 bits per heavy atom. The van der Waals surface area contributed by atoms with Crippen molar-refractivity contribution >= 4 is 17.6 Å². The number of guanidine groups is 1. The average molecular weight is 433 g/mol. The maximum absolute atomic E-state index is 12.4. The van der Waals surface area contributed by atoms with Gasteiger partial charge in [-0.15, -0.1) is 0 Å². The summed E-state index contributed by atoms with van der Waals surface area (Å²) in [6.45, 7) is 9.52. The Balaban J connectivity index is 1.58. The maximum atomic E-state index is 12.4. The molecule has 0 saturated carbocycles. The van der Waals surface area contributed by atoms with Crippen molar-refractivity contribution in [2.75, 3.05) is 57.9 Å². The lowest BCUT2D eigenvalue weighted by Crippen LogP contribution is -2.35. The molecule has 2 N–H and O–H groups in total. The standard InChI is InChI=1S/C23H36N4O4/c1-18(2)17-29-12-5-9-24-23(25-16-22(28)27-10-3-4-11-27)26-19-7-8-20-21(15-19)31-14-6-13-30-20/h7-8,15,18H,3-6,9-14,16-17H2,1-2H3,(H2,24,25,26). The van der Waals surface area contributed by atoms with Crippen LogP contribution >= 0.6 is 0 Å². The molecule has 2 aliphatic heterocycles. The largest absolute Gasteiger partial charge is 0.490 e. The van der Waals surface area contributed by atoms with Crippen LogP contribution in [0, 0.1) is 5.92 Å². The van der Waals surface area contributed by atoms with Crippen molar-refractivity contribution in [3.8, 4) is 11.5 Å². The molecule has 0 aliphatic carbocycles. The van der Waals surface area contributed by atoms with Crippen molar-refractivity contribution in [3.63, 3.8) is 0 Å². The first-order valence-electron chi connectivity index (χ1n) is 11.4. The number of nitrogens with zero attached hydrogens (tertiary/aromatic N) is 2. The molecule has 1 fully saturated rings. The van der Waals surface area contributed by atoms with Gasteiger partial charge in [0.1, 0.15) is 6.54 Å². The van der Waals surface area contributed by atoms with Gasteiger partial charge in [-0.3, -0.25) is 4.79 Å². The van der Waals surface area contributed by atoms with Gasteiger partial charge in [0.05, 0.1) is 13.2 Å². The molecule has 2 heterocycles. The number of fused-ring (bicyclic) bond motifs is 1. The molecule has 0 atom stereocenters. The number of rotatable bonds is 9. The number of nitrogens with one attached hydrogen (secondary N) is 2. The summed E-state index contributed by atoms with van der Waals surface area (Å²) in [4.78, 5) is 18.8. The highest BCUT2D eigenvalue weighted by atomic mass is 16.5. The molecule has 1 aromatic carbocycles. The van der Waals surface area contributed by atoms with Crippen molar-refractivity contribution in [1.82, 2.24) is 10.2 Å². The number of carbonyl (C=O) groups is 1. The molecule has 2 aliphatic rings. The summed E-state index contributed by atoms with van der Waals surface area (Å²) < 4.78 is 17.1. The molecule has 8 nitrogen and oxygen atoms in total. The zero-order chi connectivity index (χ0) is 21.9. The molecule has 8 heteroatoms. The zero-order valence-electron chi connectivity index (χ0n) is 18.8. The number of carbonyl (C=O) groups excluding carboxylic acids is 1. The quantitative estimate of drug-likeness (QED) is 0.355. The number of hydrogen-bond acceptors (Lipinski definition) is 5. The van der Waals surface area contributed by atoms with Gasteiger partial charge in [-0.25, -0.2) is 4.99 Å². The molecule has 172 valence electrons. The number of amides is 1. The van der Waals surface area contributed by atoms with Crippen molar-refractivity contribution in [1.29, 1.82) is 0 Å². The van der Waals surface area contributed by atoms with E-state index < -0.39 is 0 Å². The number of hydrogen-bond donors (Lipinski definition) is 2. The highest BCUT2D eigenvalue weighted by Crippen LogP contribution is 2.32. The van der Waals surface area contributed by atoms with Crippen LogP contribution in [0.15, 0.2) is 23.2 Å². The van der Waals surface area contributed by atoms with E-state index >= 15 is 0 Å². The molecule has 1 amide bonds. The van der Waals surface area contributed by atoms with Gasteiger partial charge in [0.25, 0.3) is 0 Å². The van der Waals surface area contributed by atoms with E-state index in [1.54, 1.807) is 0 Å². The maximum Gasteiger partial charge on any atom is 0.244 e. The second-order valence-corrected chi connectivity index (χ2v) is 8.34. The number of ether oxygens (including phenoxy) is 3. The third-order valence-corrected chi connectivity index (χ3v) is 5.05. The molecule has 1 aromatic rings. The zero-order valence-corrected chi connectivity index (χ0v) is 18.8. The molecule has 0 bridgehead atoms. The molecule has 1 saturated heterocycles. The highest BCUT2D eigenvalue weighted by Gasteiger charge is 2.17. The SMILES string of the molecule is CC(C)COCCCNC(=NCC(=O)N1CCCC1)Nc1ccc2c(c1)OCCCO2. The van der Waals surface area contributed by atoms with Gasteiger partial charge in [-0.2, -0.15) is 0 Å². The fourth-order valence-electron chi connectivity index (χ4n) is 3.43. The van der Waals surface area contributed by atoms with Gasteiger partial charge in [-0.1, -0.05) is 13.8 Å². The molecule has 0 spiro atoms. The topological polar surface area (TPSA) is 84.4 Å². The van der Waals surface area contributed by atoms with Crippen LogP contribution in [0.4, 0.5) is 5.69 Å². The monoisotopic (exact) mass is 432 g/mol. The van der Waals surface area contributed by atoms with Gasteiger partial charge in [0.2, 0.25) is 5.91 Å². The first-order valence-corrected chi connectivity index (χ1v) is 11.4. The summed E-state index contributed by atoms with van der Waals surface area (Å²) >= 11 is 0. The van der Waals surface area contributed by atoms with Crippen LogP contribution in [0.1, 0.15) is 39.5 Å². The van der Waals surface area contributed by atoms with E-state index in [1.807, 2.05) is 23.1 Å². The lowest BCUT2D eigenvalue weighted by atomic mass is 10.2. The summed E-state index contributed by atoms with van der Waals surface area (Å²) in [7, 11) is 0. The van der Waals surface area contributed by atoms with E-state index in [0.29, 0.717) is 38.2 Å². The number of anilines is 1. The smallest absolute Gasteiger partial charge is 0.244 e. The minimum Gasteiger partial charge on any atom is -0.490 e. The van der Waals surface area contributed by atoms with Gasteiger partial charge in [0, 0.05) is 51.0 Å². The normalized spacial score (nSPS) is 16.4. The second-order valence-electron chi connectivity index (χ2n) is 8.34. The Bertz CT molecular complexity index is 732. The Hall–Kier alpha value is -2.48. The molecule has 0 radical (unpaired) electrons. The fraction of sp³-hybridized carbons (Fsp3) is 0.652. The van der Waals surface area contributed by atoms with Crippen LogP contribution in [0.3, 0.4) is 0 Å². The number of aliphatic imine (C=N–C) groups is 1. The minimum atomic E-state index is 0.0672. The first-order chi connectivity index (χ1) is 15.1. The predicted octanol–water partition coefficient (Wildman–Crippen LogP) is 2.89. The van der Waals surface area contributed by atoms with Gasteiger partial charge >= 0.3 is 0 Å². The summed E-state index contributed by atoms with van der Waals surface area (Å²) in [6, 6.07) is 5.74. The highest BCUT2D eigenvalue weighted by molar-refractivity contribution is 5.95. The Kier molecular flexibility index (Phi) is 9.27. The molecular weight excluding hydrogens is 396 g/mol. The summed E-state index contributed by atoms with van der Waals surface area (Å²) in [5, 5.41) is 6.61. The van der Waals surface area contributed by atoms with E-state index in [0.717, 1.165) is 62.6 Å². The van der Waals surface area contributed by atoms with E-state index in [-0.39, 0.29) is 12.5 Å². The summed E-state index contributed by atoms with van der Waals surface area (Å²) in [5.74, 6) is 2.64. The second kappa shape index (κ2) is 12.4. The van der Waals surface area contributed by atoms with E-state index in [4.69, 9.17) is 14.2 Å². The van der Waals surface area contributed by atoms with Crippen LogP contribution in [-0.2, 0) is 9.53 Å². The van der Waals surface area contributed by atoms with Gasteiger partial charge < -0.3 is 29.7 Å². The molecule has 31 heavy (non-hydrogen) atoms. The molecule has 3 rings (SSSR count). The summed E-state index contributed by atoms with van der Waals surface area (Å²) in [5.41, 5.74) is 0.833. The number of benzene rings is 1.